The summed E-state index contributed by atoms with van der Waals surface area (Å²) in [5.74, 6) is -0.859. The van der Waals surface area contributed by atoms with Crippen molar-refractivity contribution < 1.29 is 23.9 Å². The molecular formula is C24H30N4O5. The van der Waals surface area contributed by atoms with E-state index in [0.29, 0.717) is 34.5 Å². The Morgan fingerprint density at radius 3 is 2.27 bits per heavy atom. The first kappa shape index (κ1) is 25.4. The summed E-state index contributed by atoms with van der Waals surface area (Å²) in [4.78, 5) is 36.4. The first-order chi connectivity index (χ1) is 15.8. The van der Waals surface area contributed by atoms with E-state index in [4.69, 9.17) is 9.47 Å². The van der Waals surface area contributed by atoms with Crippen LogP contribution < -0.4 is 25.5 Å². The molecule has 0 radical (unpaired) electrons. The van der Waals surface area contributed by atoms with Crippen molar-refractivity contribution >= 4 is 34.8 Å². The van der Waals surface area contributed by atoms with E-state index in [0.717, 1.165) is 6.42 Å². The van der Waals surface area contributed by atoms with Crippen LogP contribution in [0.5, 0.6) is 11.5 Å². The van der Waals surface area contributed by atoms with E-state index in [1.807, 2.05) is 24.3 Å². The van der Waals surface area contributed by atoms with Crippen LogP contribution >= 0.6 is 0 Å². The predicted molar refractivity (Wildman–Crippen MR) is 128 cm³/mol. The Kier molecular flexibility index (Phi) is 9.41. The molecule has 0 aromatic heterocycles. The van der Waals surface area contributed by atoms with E-state index in [2.05, 4.69) is 35.0 Å². The van der Waals surface area contributed by atoms with Gasteiger partial charge in [0.25, 0.3) is 0 Å². The molecule has 0 spiro atoms. The molecule has 2 aromatic rings. The topological polar surface area (TPSA) is 118 Å². The number of hydrazone groups is 1. The van der Waals surface area contributed by atoms with Crippen LogP contribution in [0.1, 0.15) is 45.1 Å². The number of benzene rings is 2. The lowest BCUT2D eigenvalue weighted by atomic mass is 9.99. The number of ether oxygens (including phenoxy) is 2. The molecular weight excluding hydrogens is 424 g/mol. The van der Waals surface area contributed by atoms with Crippen LogP contribution in [0.2, 0.25) is 0 Å². The minimum Gasteiger partial charge on any atom is -0.497 e. The molecule has 2 rings (SSSR count). The van der Waals surface area contributed by atoms with Crippen LogP contribution in [0.3, 0.4) is 0 Å². The van der Waals surface area contributed by atoms with Crippen molar-refractivity contribution in [1.82, 2.24) is 5.43 Å². The fraction of sp³-hybridized carbons (Fsp3) is 0.333. The quantitative estimate of drug-likeness (QED) is 0.303. The highest BCUT2D eigenvalue weighted by atomic mass is 16.5. The van der Waals surface area contributed by atoms with Gasteiger partial charge in [-0.1, -0.05) is 26.0 Å². The van der Waals surface area contributed by atoms with Crippen molar-refractivity contribution in [3.8, 4) is 11.5 Å². The maximum absolute atomic E-state index is 12.2. The number of carbonyl (C=O) groups is 3. The summed E-state index contributed by atoms with van der Waals surface area (Å²) >= 11 is 0. The molecule has 0 fully saturated rings. The van der Waals surface area contributed by atoms with E-state index in [1.165, 1.54) is 19.8 Å². The molecule has 0 aliphatic rings. The highest BCUT2D eigenvalue weighted by Crippen LogP contribution is 2.28. The number of hydrogen-bond acceptors (Lipinski definition) is 6. The standard InChI is InChI=1S/C24H30N4O5/c1-6-15(2)17-7-9-18(10-8-17)25-22(29)13-16(3)27-28-24(31)23(30)26-20-12-11-19(32-4)14-21(20)33-5/h7-12,14-15H,6,13H2,1-5H3,(H,25,29)(H,26,30)(H,28,31). The summed E-state index contributed by atoms with van der Waals surface area (Å²) in [7, 11) is 2.94. The van der Waals surface area contributed by atoms with Gasteiger partial charge >= 0.3 is 11.8 Å². The van der Waals surface area contributed by atoms with Crippen LogP contribution in [0, 0.1) is 0 Å². The third kappa shape index (κ3) is 7.64. The smallest absolute Gasteiger partial charge is 0.329 e. The van der Waals surface area contributed by atoms with Gasteiger partial charge in [0.15, 0.2) is 0 Å². The van der Waals surface area contributed by atoms with Crippen LogP contribution in [0.15, 0.2) is 47.6 Å². The van der Waals surface area contributed by atoms with Gasteiger partial charge in [-0.25, -0.2) is 5.43 Å². The molecule has 2 aromatic carbocycles. The molecule has 9 heteroatoms. The minimum atomic E-state index is -0.978. The lowest BCUT2D eigenvalue weighted by molar-refractivity contribution is -0.136. The van der Waals surface area contributed by atoms with Gasteiger partial charge in [-0.2, -0.15) is 5.10 Å². The lowest BCUT2D eigenvalue weighted by Gasteiger charge is -2.11. The highest BCUT2D eigenvalue weighted by Gasteiger charge is 2.16. The SMILES string of the molecule is CCC(C)c1ccc(NC(=O)CC(C)=NNC(=O)C(=O)Nc2ccc(OC)cc2OC)cc1. The third-order valence-corrected chi connectivity index (χ3v) is 5.00. The first-order valence-corrected chi connectivity index (χ1v) is 10.5. The number of rotatable bonds is 9. The van der Waals surface area contributed by atoms with Crippen molar-refractivity contribution in [3.63, 3.8) is 0 Å². The van der Waals surface area contributed by atoms with Crippen molar-refractivity contribution in [1.29, 1.82) is 0 Å². The van der Waals surface area contributed by atoms with Crippen LogP contribution in [-0.4, -0.2) is 37.7 Å². The van der Waals surface area contributed by atoms with Crippen molar-refractivity contribution in [2.24, 2.45) is 5.10 Å². The van der Waals surface area contributed by atoms with Crippen molar-refractivity contribution in [3.05, 3.63) is 48.0 Å². The maximum Gasteiger partial charge on any atom is 0.329 e. The minimum absolute atomic E-state index is 0.0404. The Morgan fingerprint density at radius 1 is 0.970 bits per heavy atom. The number of amides is 3. The lowest BCUT2D eigenvalue weighted by Crippen LogP contribution is -2.33. The third-order valence-electron chi connectivity index (χ3n) is 5.00. The zero-order valence-corrected chi connectivity index (χ0v) is 19.5. The molecule has 0 saturated carbocycles. The average Bonchev–Trinajstić information content (AvgIpc) is 2.82. The van der Waals surface area contributed by atoms with E-state index in [-0.39, 0.29) is 12.3 Å². The number of nitrogens with one attached hydrogen (secondary N) is 3. The molecule has 176 valence electrons. The van der Waals surface area contributed by atoms with Crippen molar-refractivity contribution in [2.45, 2.75) is 39.5 Å². The maximum atomic E-state index is 12.2. The summed E-state index contributed by atoms with van der Waals surface area (Å²) < 4.78 is 10.3. The van der Waals surface area contributed by atoms with Crippen LogP contribution in [0.4, 0.5) is 11.4 Å². The number of hydrogen-bond donors (Lipinski definition) is 3. The Balaban J connectivity index is 1.87. The molecule has 3 N–H and O–H groups in total. The number of anilines is 2. The largest absolute Gasteiger partial charge is 0.497 e. The van der Waals surface area contributed by atoms with Gasteiger partial charge < -0.3 is 20.1 Å². The second-order valence-corrected chi connectivity index (χ2v) is 7.46. The molecule has 33 heavy (non-hydrogen) atoms. The molecule has 0 heterocycles. The van der Waals surface area contributed by atoms with E-state index < -0.39 is 11.8 Å². The van der Waals surface area contributed by atoms with E-state index in [1.54, 1.807) is 25.1 Å². The van der Waals surface area contributed by atoms with E-state index in [9.17, 15) is 14.4 Å². The monoisotopic (exact) mass is 454 g/mol. The molecule has 9 nitrogen and oxygen atoms in total. The Hall–Kier alpha value is -3.88. The van der Waals surface area contributed by atoms with Gasteiger partial charge in [0.05, 0.1) is 26.3 Å². The van der Waals surface area contributed by atoms with E-state index >= 15 is 0 Å². The summed E-state index contributed by atoms with van der Waals surface area (Å²) in [6.07, 6.45) is 1.00. The van der Waals surface area contributed by atoms with Gasteiger partial charge in [-0.05, 0) is 49.1 Å². The molecule has 3 amide bonds. The fourth-order valence-corrected chi connectivity index (χ4v) is 2.89. The average molecular weight is 455 g/mol. The van der Waals surface area contributed by atoms with Crippen molar-refractivity contribution in [2.75, 3.05) is 24.9 Å². The zero-order valence-electron chi connectivity index (χ0n) is 19.5. The van der Waals surface area contributed by atoms with Crippen LogP contribution in [0.25, 0.3) is 0 Å². The van der Waals surface area contributed by atoms with Gasteiger partial charge in [-0.3, -0.25) is 14.4 Å². The number of nitrogens with zero attached hydrogens (tertiary/aromatic N) is 1. The normalized spacial score (nSPS) is 11.8. The second-order valence-electron chi connectivity index (χ2n) is 7.46. The Bertz CT molecular complexity index is 1020. The molecule has 1 atom stereocenters. The van der Waals surface area contributed by atoms with Gasteiger partial charge in [0, 0.05) is 17.5 Å². The Morgan fingerprint density at radius 2 is 1.67 bits per heavy atom. The molecule has 0 aliphatic carbocycles. The Labute approximate surface area is 193 Å². The summed E-state index contributed by atoms with van der Waals surface area (Å²) in [6.45, 7) is 5.85. The predicted octanol–water partition coefficient (Wildman–Crippen LogP) is 3.68. The number of methoxy groups -OCH3 is 2. The van der Waals surface area contributed by atoms with Gasteiger partial charge in [0.1, 0.15) is 11.5 Å². The summed E-state index contributed by atoms with van der Waals surface area (Å²) in [5, 5.41) is 9.06. The molecule has 0 saturated heterocycles. The second kappa shape index (κ2) is 12.2. The molecule has 0 aliphatic heterocycles. The molecule has 0 bridgehead atoms. The van der Waals surface area contributed by atoms with Gasteiger partial charge in [0.2, 0.25) is 5.91 Å². The summed E-state index contributed by atoms with van der Waals surface area (Å²) in [6, 6.07) is 12.4. The van der Waals surface area contributed by atoms with Gasteiger partial charge in [-0.15, -0.1) is 0 Å². The highest BCUT2D eigenvalue weighted by molar-refractivity contribution is 6.39. The first-order valence-electron chi connectivity index (χ1n) is 10.5. The molecule has 1 unspecified atom stereocenters. The van der Waals surface area contributed by atoms with Crippen LogP contribution in [-0.2, 0) is 14.4 Å². The summed E-state index contributed by atoms with van der Waals surface area (Å²) in [5.41, 5.74) is 4.68. The number of carbonyl (C=O) groups excluding carboxylic acids is 3. The fourth-order valence-electron chi connectivity index (χ4n) is 2.89. The zero-order chi connectivity index (χ0) is 24.4.